The Morgan fingerprint density at radius 1 is 1.22 bits per heavy atom. The molecule has 0 aliphatic carbocycles. The third-order valence-corrected chi connectivity index (χ3v) is 4.90. The smallest absolute Gasteiger partial charge is 0.238 e. The number of halogens is 2. The molecule has 0 spiro atoms. The quantitative estimate of drug-likeness (QED) is 0.791. The first-order valence-corrected chi connectivity index (χ1v) is 9.19. The van der Waals surface area contributed by atoms with Crippen LogP contribution in [-0.2, 0) is 4.79 Å². The second-order valence-corrected chi connectivity index (χ2v) is 7.19. The van der Waals surface area contributed by atoms with E-state index in [1.807, 2.05) is 35.2 Å². The van der Waals surface area contributed by atoms with Gasteiger partial charge in [0.15, 0.2) is 0 Å². The van der Waals surface area contributed by atoms with E-state index in [0.29, 0.717) is 31.6 Å². The summed E-state index contributed by atoms with van der Waals surface area (Å²) < 4.78 is 18.8. The topological polar surface area (TPSA) is 61.8 Å². The summed E-state index contributed by atoms with van der Waals surface area (Å²) in [6, 6.07) is 13.4. The van der Waals surface area contributed by atoms with Crippen LogP contribution in [0.4, 0.5) is 10.1 Å². The molecule has 0 atom stereocenters. The van der Waals surface area contributed by atoms with Crippen LogP contribution in [0, 0.1) is 5.82 Å². The third kappa shape index (κ3) is 5.66. The highest BCUT2D eigenvalue weighted by Gasteiger charge is 2.33. The number of carbonyl (C=O) groups excluding carboxylic acids is 1. The molecule has 2 aromatic carbocycles. The highest BCUT2D eigenvalue weighted by molar-refractivity contribution is 6.31. The zero-order valence-electron chi connectivity index (χ0n) is 14.8. The molecular weight excluding hydrogens is 371 g/mol. The number of rotatable bonds is 6. The van der Waals surface area contributed by atoms with Crippen LogP contribution in [0.3, 0.4) is 0 Å². The normalized spacial score (nSPS) is 16.7. The van der Waals surface area contributed by atoms with Crippen LogP contribution in [-0.4, -0.2) is 47.8 Å². The molecule has 1 heterocycles. The fraction of sp³-hybridized carbons (Fsp3) is 0.350. The maximum absolute atomic E-state index is 13.2. The SMILES string of the molecule is O=C(CN1CCC(O)(COc2ccccc2)CC1)Nc1ccc(F)c(Cl)c1. The molecule has 1 aliphatic heterocycles. The molecule has 27 heavy (non-hydrogen) atoms. The number of hydrogen-bond donors (Lipinski definition) is 2. The number of anilines is 1. The van der Waals surface area contributed by atoms with Gasteiger partial charge in [-0.3, -0.25) is 9.69 Å². The predicted molar refractivity (Wildman–Crippen MR) is 103 cm³/mol. The monoisotopic (exact) mass is 392 g/mol. The number of amides is 1. The predicted octanol–water partition coefficient (Wildman–Crippen LogP) is 3.32. The number of likely N-dealkylation sites (tertiary alicyclic amines) is 1. The molecule has 1 saturated heterocycles. The minimum atomic E-state index is -0.896. The number of nitrogens with zero attached hydrogens (tertiary/aromatic N) is 1. The highest BCUT2D eigenvalue weighted by atomic mass is 35.5. The molecule has 0 saturated carbocycles. The van der Waals surface area contributed by atoms with E-state index >= 15 is 0 Å². The standard InChI is InChI=1S/C20H22ClFN2O3/c21-17-12-15(6-7-18(17)22)23-19(25)13-24-10-8-20(26,9-11-24)14-27-16-4-2-1-3-5-16/h1-7,12,26H,8-11,13-14H2,(H,23,25). The Kier molecular flexibility index (Phi) is 6.31. The highest BCUT2D eigenvalue weighted by Crippen LogP contribution is 2.24. The van der Waals surface area contributed by atoms with Gasteiger partial charge in [0.05, 0.1) is 11.6 Å². The second kappa shape index (κ2) is 8.69. The van der Waals surface area contributed by atoms with Crippen LogP contribution in [0.1, 0.15) is 12.8 Å². The van der Waals surface area contributed by atoms with Crippen molar-refractivity contribution in [2.75, 3.05) is 31.6 Å². The fourth-order valence-corrected chi connectivity index (χ4v) is 3.16. The second-order valence-electron chi connectivity index (χ2n) is 6.78. The van der Waals surface area contributed by atoms with Crippen molar-refractivity contribution in [2.45, 2.75) is 18.4 Å². The third-order valence-electron chi connectivity index (χ3n) is 4.61. The summed E-state index contributed by atoms with van der Waals surface area (Å²) in [7, 11) is 0. The first-order valence-electron chi connectivity index (χ1n) is 8.81. The lowest BCUT2D eigenvalue weighted by Gasteiger charge is -2.37. The summed E-state index contributed by atoms with van der Waals surface area (Å²) in [6.45, 7) is 1.61. The zero-order chi connectivity index (χ0) is 19.3. The maximum atomic E-state index is 13.2. The summed E-state index contributed by atoms with van der Waals surface area (Å²) in [5.41, 5.74) is -0.441. The number of carbonyl (C=O) groups is 1. The summed E-state index contributed by atoms with van der Waals surface area (Å²) >= 11 is 5.72. The largest absolute Gasteiger partial charge is 0.491 e. The van der Waals surface area contributed by atoms with Gasteiger partial charge in [0, 0.05) is 18.8 Å². The molecule has 2 N–H and O–H groups in total. The van der Waals surface area contributed by atoms with E-state index in [1.54, 1.807) is 0 Å². The lowest BCUT2D eigenvalue weighted by Crippen LogP contribution is -2.49. The van der Waals surface area contributed by atoms with Crippen molar-refractivity contribution >= 4 is 23.2 Å². The number of benzene rings is 2. The molecule has 7 heteroatoms. The van der Waals surface area contributed by atoms with Gasteiger partial charge in [-0.05, 0) is 43.2 Å². The van der Waals surface area contributed by atoms with E-state index < -0.39 is 11.4 Å². The van der Waals surface area contributed by atoms with E-state index in [2.05, 4.69) is 5.32 Å². The molecule has 2 aromatic rings. The van der Waals surface area contributed by atoms with Crippen molar-refractivity contribution in [2.24, 2.45) is 0 Å². The van der Waals surface area contributed by atoms with E-state index in [1.165, 1.54) is 18.2 Å². The van der Waals surface area contributed by atoms with Crippen LogP contribution in [0.25, 0.3) is 0 Å². The summed E-state index contributed by atoms with van der Waals surface area (Å²) in [4.78, 5) is 14.1. The Morgan fingerprint density at radius 2 is 1.93 bits per heavy atom. The van der Waals surface area contributed by atoms with Crippen molar-refractivity contribution in [3.63, 3.8) is 0 Å². The fourth-order valence-electron chi connectivity index (χ4n) is 2.98. The summed E-state index contributed by atoms with van der Waals surface area (Å²) in [5, 5.41) is 13.3. The Hall–Kier alpha value is -2.15. The first-order chi connectivity index (χ1) is 12.9. The van der Waals surface area contributed by atoms with Crippen LogP contribution in [0.2, 0.25) is 5.02 Å². The van der Waals surface area contributed by atoms with Gasteiger partial charge < -0.3 is 15.2 Å². The lowest BCUT2D eigenvalue weighted by molar-refractivity contribution is -0.119. The number of piperidine rings is 1. The molecule has 0 radical (unpaired) electrons. The first kappa shape index (κ1) is 19.6. The number of nitrogens with one attached hydrogen (secondary N) is 1. The van der Waals surface area contributed by atoms with Crippen molar-refractivity contribution in [1.29, 1.82) is 0 Å². The number of aliphatic hydroxyl groups is 1. The minimum absolute atomic E-state index is 0.0331. The summed E-state index contributed by atoms with van der Waals surface area (Å²) in [5.74, 6) is -0.00274. The Bertz CT molecular complexity index is 780. The Morgan fingerprint density at radius 3 is 2.59 bits per heavy atom. The molecule has 3 rings (SSSR count). The van der Waals surface area contributed by atoms with Gasteiger partial charge in [-0.25, -0.2) is 4.39 Å². The molecule has 0 unspecified atom stereocenters. The molecule has 5 nitrogen and oxygen atoms in total. The van der Waals surface area contributed by atoms with Crippen molar-refractivity contribution < 1.29 is 19.0 Å². The zero-order valence-corrected chi connectivity index (χ0v) is 15.6. The van der Waals surface area contributed by atoms with Crippen LogP contribution in [0.5, 0.6) is 5.75 Å². The van der Waals surface area contributed by atoms with E-state index in [9.17, 15) is 14.3 Å². The van der Waals surface area contributed by atoms with Gasteiger partial charge in [-0.15, -0.1) is 0 Å². The number of hydrogen-bond acceptors (Lipinski definition) is 4. The average molecular weight is 393 g/mol. The van der Waals surface area contributed by atoms with Crippen LogP contribution >= 0.6 is 11.6 Å². The molecule has 0 bridgehead atoms. The molecule has 1 aliphatic rings. The van der Waals surface area contributed by atoms with Gasteiger partial charge in [0.2, 0.25) is 5.91 Å². The maximum Gasteiger partial charge on any atom is 0.238 e. The van der Waals surface area contributed by atoms with Gasteiger partial charge in [-0.1, -0.05) is 29.8 Å². The van der Waals surface area contributed by atoms with Crippen molar-refractivity contribution in [1.82, 2.24) is 4.90 Å². The van der Waals surface area contributed by atoms with Gasteiger partial charge in [-0.2, -0.15) is 0 Å². The average Bonchev–Trinajstić information content (AvgIpc) is 2.66. The van der Waals surface area contributed by atoms with Crippen LogP contribution in [0.15, 0.2) is 48.5 Å². The minimum Gasteiger partial charge on any atom is -0.491 e. The number of para-hydroxylation sites is 1. The Labute approximate surface area is 162 Å². The molecule has 0 aromatic heterocycles. The number of ether oxygens (including phenoxy) is 1. The van der Waals surface area contributed by atoms with Crippen molar-refractivity contribution in [3.05, 3.63) is 59.4 Å². The molecule has 1 fully saturated rings. The van der Waals surface area contributed by atoms with Gasteiger partial charge >= 0.3 is 0 Å². The van der Waals surface area contributed by atoms with E-state index in [4.69, 9.17) is 16.3 Å². The van der Waals surface area contributed by atoms with E-state index in [0.717, 1.165) is 5.75 Å². The van der Waals surface area contributed by atoms with E-state index in [-0.39, 0.29) is 24.1 Å². The molecule has 144 valence electrons. The van der Waals surface area contributed by atoms with Crippen LogP contribution < -0.4 is 10.1 Å². The van der Waals surface area contributed by atoms with Crippen molar-refractivity contribution in [3.8, 4) is 5.75 Å². The molecule has 1 amide bonds. The Balaban J connectivity index is 1.44. The lowest BCUT2D eigenvalue weighted by atomic mass is 9.92. The summed E-state index contributed by atoms with van der Waals surface area (Å²) in [6.07, 6.45) is 1.05. The van der Waals surface area contributed by atoms with Gasteiger partial charge in [0.25, 0.3) is 0 Å². The molecular formula is C20H22ClFN2O3. The van der Waals surface area contributed by atoms with Gasteiger partial charge in [0.1, 0.15) is 23.8 Å².